The van der Waals surface area contributed by atoms with Crippen molar-refractivity contribution in [1.82, 2.24) is 4.90 Å². The number of aliphatic carboxylic acids is 1. The molecule has 142 valence electrons. The Morgan fingerprint density at radius 2 is 2.00 bits per heavy atom. The maximum absolute atomic E-state index is 13.7. The Balaban J connectivity index is 1.89. The van der Waals surface area contributed by atoms with E-state index < -0.39 is 23.9 Å². The molecule has 2 rings (SSSR count). The van der Waals surface area contributed by atoms with Crippen LogP contribution in [0.4, 0.5) is 8.78 Å². The van der Waals surface area contributed by atoms with Crippen LogP contribution in [-0.2, 0) is 11.2 Å². The van der Waals surface area contributed by atoms with Gasteiger partial charge in [0.1, 0.15) is 24.4 Å². The van der Waals surface area contributed by atoms with E-state index in [1.54, 1.807) is 18.9 Å². The smallest absolute Gasteiger partial charge is 0.317 e. The molecular formula is C20H25F2NO3. The Bertz CT molecular complexity index is 685. The predicted octanol–water partition coefficient (Wildman–Crippen LogP) is 3.78. The van der Waals surface area contributed by atoms with Gasteiger partial charge in [-0.15, -0.1) is 0 Å². The molecule has 0 heterocycles. The van der Waals surface area contributed by atoms with E-state index >= 15 is 0 Å². The third kappa shape index (κ3) is 5.66. The molecule has 0 fully saturated rings. The molecule has 26 heavy (non-hydrogen) atoms. The van der Waals surface area contributed by atoms with Crippen LogP contribution in [0.2, 0.25) is 0 Å². The van der Waals surface area contributed by atoms with Gasteiger partial charge in [-0.25, -0.2) is 8.78 Å². The normalized spacial score (nSPS) is 21.2. The molecule has 3 unspecified atom stereocenters. The number of hydrogen-bond donors (Lipinski definition) is 1. The third-order valence-corrected chi connectivity index (χ3v) is 4.70. The van der Waals surface area contributed by atoms with Crippen LogP contribution in [0.15, 0.2) is 47.8 Å². The fourth-order valence-corrected chi connectivity index (χ4v) is 2.79. The fraction of sp³-hybridized carbons (Fsp3) is 0.450. The quantitative estimate of drug-likeness (QED) is 0.762. The molecule has 1 N–H and O–H groups in total. The van der Waals surface area contributed by atoms with Gasteiger partial charge in [0.15, 0.2) is 0 Å². The van der Waals surface area contributed by atoms with Crippen LogP contribution in [0.3, 0.4) is 0 Å². The van der Waals surface area contributed by atoms with Crippen LogP contribution in [0.25, 0.3) is 0 Å². The lowest BCUT2D eigenvalue weighted by molar-refractivity contribution is -0.138. The molecule has 0 radical (unpaired) electrons. The second-order valence-corrected chi connectivity index (χ2v) is 6.80. The lowest BCUT2D eigenvalue weighted by Gasteiger charge is -2.23. The molecule has 0 aromatic heterocycles. The van der Waals surface area contributed by atoms with Gasteiger partial charge in [0, 0.05) is 12.0 Å². The number of hydrogen-bond acceptors (Lipinski definition) is 3. The number of likely N-dealkylation sites (N-methyl/N-ethyl adjacent to an activating group) is 1. The minimum atomic E-state index is -1.33. The van der Waals surface area contributed by atoms with Crippen LogP contribution in [0, 0.1) is 5.92 Å². The summed E-state index contributed by atoms with van der Waals surface area (Å²) in [5.74, 6) is -1.20. The first kappa shape index (κ1) is 20.1. The van der Waals surface area contributed by atoms with Crippen LogP contribution in [0.1, 0.15) is 19.4 Å². The van der Waals surface area contributed by atoms with Crippen LogP contribution in [0.5, 0.6) is 5.75 Å². The van der Waals surface area contributed by atoms with Gasteiger partial charge in [0.2, 0.25) is 0 Å². The van der Waals surface area contributed by atoms with E-state index in [4.69, 9.17) is 9.84 Å². The Kier molecular flexibility index (Phi) is 6.91. The van der Waals surface area contributed by atoms with Crippen molar-refractivity contribution in [2.24, 2.45) is 5.92 Å². The molecule has 0 saturated heterocycles. The maximum Gasteiger partial charge on any atom is 0.317 e. The van der Waals surface area contributed by atoms with Gasteiger partial charge in [0.25, 0.3) is 0 Å². The summed E-state index contributed by atoms with van der Waals surface area (Å²) in [6.07, 6.45) is 1.69. The molecule has 0 saturated carbocycles. The number of ether oxygens (including phenoxy) is 1. The zero-order valence-corrected chi connectivity index (χ0v) is 15.3. The number of nitrogens with zero attached hydrogens (tertiary/aromatic N) is 1. The van der Waals surface area contributed by atoms with E-state index in [-0.39, 0.29) is 19.2 Å². The monoisotopic (exact) mass is 365 g/mol. The van der Waals surface area contributed by atoms with Crippen molar-refractivity contribution in [2.75, 3.05) is 20.2 Å². The third-order valence-electron chi connectivity index (χ3n) is 4.70. The highest BCUT2D eigenvalue weighted by molar-refractivity contribution is 5.69. The summed E-state index contributed by atoms with van der Waals surface area (Å²) in [6, 6.07) is 7.54. The largest absolute Gasteiger partial charge is 0.489 e. The maximum atomic E-state index is 13.7. The van der Waals surface area contributed by atoms with Gasteiger partial charge >= 0.3 is 5.97 Å². The molecule has 4 nitrogen and oxygen atoms in total. The number of halogens is 2. The number of alkyl halides is 1. The lowest BCUT2D eigenvalue weighted by Crippen LogP contribution is -2.35. The van der Waals surface area contributed by atoms with Crippen molar-refractivity contribution in [3.05, 3.63) is 53.4 Å². The molecule has 3 atom stereocenters. The van der Waals surface area contributed by atoms with E-state index in [2.05, 4.69) is 0 Å². The van der Waals surface area contributed by atoms with Crippen molar-refractivity contribution in [3.63, 3.8) is 0 Å². The van der Waals surface area contributed by atoms with Gasteiger partial charge in [-0.1, -0.05) is 19.1 Å². The number of carbonyl (C=O) groups is 1. The van der Waals surface area contributed by atoms with Crippen molar-refractivity contribution in [2.45, 2.75) is 32.5 Å². The van der Waals surface area contributed by atoms with Crippen LogP contribution < -0.4 is 4.74 Å². The van der Waals surface area contributed by atoms with E-state index in [1.807, 2.05) is 31.2 Å². The molecular weight excluding hydrogens is 340 g/mol. The first-order chi connectivity index (χ1) is 12.3. The summed E-state index contributed by atoms with van der Waals surface area (Å²) in [5.41, 5.74) is 1.65. The summed E-state index contributed by atoms with van der Waals surface area (Å²) in [7, 11) is 1.78. The second-order valence-electron chi connectivity index (χ2n) is 6.80. The first-order valence-electron chi connectivity index (χ1n) is 8.62. The fourth-order valence-electron chi connectivity index (χ4n) is 2.79. The van der Waals surface area contributed by atoms with Crippen LogP contribution in [-0.4, -0.2) is 48.4 Å². The highest BCUT2D eigenvalue weighted by atomic mass is 19.1. The highest BCUT2D eigenvalue weighted by Gasteiger charge is 2.24. The Hall–Kier alpha value is -2.21. The standard InChI is InChI=1S/C20H25F2NO3/c1-13(23(3)11-20(24)25)8-15-4-6-18(7-5-15)26-12-16-9-17(21)10-19(22)14(16)2/h4-7,9-10,13-14,19H,8,11-12H2,1-3H3,(H,24,25). The van der Waals surface area contributed by atoms with Gasteiger partial charge in [-0.2, -0.15) is 0 Å². The number of allylic oxidation sites excluding steroid dienone is 3. The summed E-state index contributed by atoms with van der Waals surface area (Å²) >= 11 is 0. The molecule has 0 bridgehead atoms. The van der Waals surface area contributed by atoms with Gasteiger partial charge in [-0.3, -0.25) is 9.69 Å². The molecule has 0 spiro atoms. The number of rotatable bonds is 8. The second kappa shape index (κ2) is 8.94. The van der Waals surface area contributed by atoms with Crippen molar-refractivity contribution >= 4 is 5.97 Å². The molecule has 1 aliphatic rings. The average molecular weight is 365 g/mol. The van der Waals surface area contributed by atoms with Gasteiger partial charge in [0.05, 0.1) is 6.54 Å². The summed E-state index contributed by atoms with van der Waals surface area (Å²) in [4.78, 5) is 12.5. The predicted molar refractivity (Wildman–Crippen MR) is 96.7 cm³/mol. The number of carboxylic acid groups (broad SMARTS) is 1. The number of carboxylic acids is 1. The summed E-state index contributed by atoms with van der Waals surface area (Å²) in [6.45, 7) is 3.82. The average Bonchev–Trinajstić information content (AvgIpc) is 2.57. The van der Waals surface area contributed by atoms with Gasteiger partial charge < -0.3 is 9.84 Å². The first-order valence-corrected chi connectivity index (χ1v) is 8.62. The Morgan fingerprint density at radius 3 is 2.62 bits per heavy atom. The minimum Gasteiger partial charge on any atom is -0.489 e. The molecule has 0 amide bonds. The lowest BCUT2D eigenvalue weighted by atomic mass is 9.92. The van der Waals surface area contributed by atoms with Crippen LogP contribution >= 0.6 is 0 Å². The SMILES string of the molecule is CC1C(COc2ccc(CC(C)N(C)CC(=O)O)cc2)=CC(F)=CC1F. The van der Waals surface area contributed by atoms with E-state index in [1.165, 1.54) is 6.08 Å². The summed E-state index contributed by atoms with van der Waals surface area (Å²) < 4.78 is 32.7. The molecule has 1 aromatic rings. The minimum absolute atomic E-state index is 0.00374. The highest BCUT2D eigenvalue weighted by Crippen LogP contribution is 2.27. The van der Waals surface area contributed by atoms with Crippen molar-refractivity contribution in [3.8, 4) is 5.75 Å². The molecule has 1 aliphatic carbocycles. The van der Waals surface area contributed by atoms with E-state index in [9.17, 15) is 13.6 Å². The number of benzene rings is 1. The van der Waals surface area contributed by atoms with Crippen molar-refractivity contribution in [1.29, 1.82) is 0 Å². The van der Waals surface area contributed by atoms with E-state index in [0.29, 0.717) is 17.7 Å². The Morgan fingerprint density at radius 1 is 1.35 bits per heavy atom. The molecule has 6 heteroatoms. The zero-order valence-electron chi connectivity index (χ0n) is 15.3. The Labute approximate surface area is 152 Å². The van der Waals surface area contributed by atoms with Crippen molar-refractivity contribution < 1.29 is 23.4 Å². The van der Waals surface area contributed by atoms with Gasteiger partial charge in [-0.05, 0) is 55.8 Å². The summed E-state index contributed by atoms with van der Waals surface area (Å²) in [5, 5.41) is 8.84. The van der Waals surface area contributed by atoms with E-state index in [0.717, 1.165) is 11.6 Å². The topological polar surface area (TPSA) is 49.8 Å². The molecule has 0 aliphatic heterocycles. The molecule has 1 aromatic carbocycles. The zero-order chi connectivity index (χ0) is 19.3.